The average Bonchev–Trinajstić information content (AvgIpc) is 2.59. The molecule has 0 spiro atoms. The lowest BCUT2D eigenvalue weighted by atomic mass is 10.1. The van der Waals surface area contributed by atoms with Crippen molar-refractivity contribution in [2.45, 2.75) is 26.5 Å². The van der Waals surface area contributed by atoms with E-state index in [1.807, 2.05) is 61.5 Å². The summed E-state index contributed by atoms with van der Waals surface area (Å²) in [4.78, 5) is 23.8. The van der Waals surface area contributed by atoms with Gasteiger partial charge in [0.2, 0.25) is 0 Å². The largest absolute Gasteiger partial charge is 0.449 e. The average molecular weight is 323 g/mol. The highest BCUT2D eigenvalue weighted by Gasteiger charge is 2.15. The van der Waals surface area contributed by atoms with Crippen molar-refractivity contribution in [3.05, 3.63) is 77.4 Å². The summed E-state index contributed by atoms with van der Waals surface area (Å²) in [5, 5.41) is 2.75. The van der Waals surface area contributed by atoms with Gasteiger partial charge in [0.05, 0.1) is 0 Å². The van der Waals surface area contributed by atoms with E-state index in [2.05, 4.69) is 5.32 Å². The van der Waals surface area contributed by atoms with E-state index in [1.54, 1.807) is 13.0 Å². The molecular weight excluding hydrogens is 302 g/mol. The summed E-state index contributed by atoms with van der Waals surface area (Å²) in [6.07, 6.45) is 2.18. The van der Waals surface area contributed by atoms with Gasteiger partial charge in [-0.2, -0.15) is 0 Å². The summed E-state index contributed by atoms with van der Waals surface area (Å²) in [6.45, 7) is 3.92. The number of nitrogens with one attached hydrogen (secondary N) is 1. The topological polar surface area (TPSA) is 55.4 Å². The van der Waals surface area contributed by atoms with E-state index >= 15 is 0 Å². The fourth-order valence-electron chi connectivity index (χ4n) is 2.13. The predicted octanol–water partition coefficient (Wildman–Crippen LogP) is 3.26. The first-order valence-corrected chi connectivity index (χ1v) is 7.82. The molecule has 2 rings (SSSR count). The highest BCUT2D eigenvalue weighted by Crippen LogP contribution is 2.09. The van der Waals surface area contributed by atoms with Gasteiger partial charge in [0.25, 0.3) is 5.91 Å². The van der Waals surface area contributed by atoms with E-state index in [0.29, 0.717) is 6.54 Å². The normalized spacial score (nSPS) is 11.9. The molecule has 2 aromatic rings. The van der Waals surface area contributed by atoms with Crippen LogP contribution >= 0.6 is 0 Å². The maximum absolute atomic E-state index is 12.0. The molecule has 0 heterocycles. The third kappa shape index (κ3) is 5.39. The van der Waals surface area contributed by atoms with E-state index in [-0.39, 0.29) is 5.91 Å². The summed E-state index contributed by atoms with van der Waals surface area (Å²) >= 11 is 0. The Kier molecular flexibility index (Phi) is 6.32. The van der Waals surface area contributed by atoms with Crippen LogP contribution in [0.5, 0.6) is 0 Å². The Balaban J connectivity index is 1.82. The van der Waals surface area contributed by atoms with Gasteiger partial charge in [-0.1, -0.05) is 54.6 Å². The molecule has 0 unspecified atom stereocenters. The molecule has 124 valence electrons. The first-order valence-electron chi connectivity index (χ1n) is 7.82. The van der Waals surface area contributed by atoms with Crippen LogP contribution in [0, 0.1) is 6.92 Å². The summed E-state index contributed by atoms with van der Waals surface area (Å²) in [5.74, 6) is -0.864. The molecule has 0 saturated carbocycles. The third-order valence-electron chi connectivity index (χ3n) is 3.56. The van der Waals surface area contributed by atoms with Crippen LogP contribution < -0.4 is 5.32 Å². The molecule has 1 amide bonds. The quantitative estimate of drug-likeness (QED) is 0.656. The smallest absolute Gasteiger partial charge is 0.331 e. The van der Waals surface area contributed by atoms with E-state index in [9.17, 15) is 9.59 Å². The minimum Gasteiger partial charge on any atom is -0.449 e. The Bertz CT molecular complexity index is 723. The molecule has 1 N–H and O–H groups in total. The zero-order valence-electron chi connectivity index (χ0n) is 13.9. The van der Waals surface area contributed by atoms with Crippen molar-refractivity contribution in [2.24, 2.45) is 0 Å². The van der Waals surface area contributed by atoms with Gasteiger partial charge in [-0.3, -0.25) is 4.79 Å². The number of esters is 1. The second kappa shape index (κ2) is 8.67. The Hall–Kier alpha value is -2.88. The highest BCUT2D eigenvalue weighted by atomic mass is 16.5. The summed E-state index contributed by atoms with van der Waals surface area (Å²) in [7, 11) is 0. The lowest BCUT2D eigenvalue weighted by Crippen LogP contribution is -2.35. The molecule has 0 bridgehead atoms. The number of hydrogen-bond donors (Lipinski definition) is 1. The Morgan fingerprint density at radius 1 is 1.08 bits per heavy atom. The Labute approximate surface area is 142 Å². The maximum atomic E-state index is 12.0. The first kappa shape index (κ1) is 17.5. The van der Waals surface area contributed by atoms with Crippen LogP contribution in [0.4, 0.5) is 0 Å². The predicted molar refractivity (Wildman–Crippen MR) is 94.1 cm³/mol. The second-order valence-corrected chi connectivity index (χ2v) is 5.47. The van der Waals surface area contributed by atoms with Crippen LogP contribution in [0.1, 0.15) is 23.6 Å². The zero-order valence-corrected chi connectivity index (χ0v) is 13.9. The molecule has 0 aromatic heterocycles. The van der Waals surface area contributed by atoms with Crippen molar-refractivity contribution < 1.29 is 14.3 Å². The van der Waals surface area contributed by atoms with Gasteiger partial charge in [-0.05, 0) is 36.6 Å². The van der Waals surface area contributed by atoms with Gasteiger partial charge < -0.3 is 10.1 Å². The van der Waals surface area contributed by atoms with E-state index in [0.717, 1.165) is 16.7 Å². The number of aryl methyl sites for hydroxylation is 1. The van der Waals surface area contributed by atoms with Crippen LogP contribution in [0.3, 0.4) is 0 Å². The van der Waals surface area contributed by atoms with Gasteiger partial charge in [-0.25, -0.2) is 4.79 Å². The van der Waals surface area contributed by atoms with Crippen LogP contribution in [-0.2, 0) is 20.9 Å². The van der Waals surface area contributed by atoms with E-state index in [4.69, 9.17) is 4.74 Å². The van der Waals surface area contributed by atoms with Gasteiger partial charge in [0, 0.05) is 12.6 Å². The van der Waals surface area contributed by atoms with Gasteiger partial charge in [0.1, 0.15) is 0 Å². The van der Waals surface area contributed by atoms with Gasteiger partial charge in [0.15, 0.2) is 6.10 Å². The summed E-state index contributed by atoms with van der Waals surface area (Å²) < 4.78 is 5.12. The zero-order chi connectivity index (χ0) is 17.4. The van der Waals surface area contributed by atoms with Crippen molar-refractivity contribution in [1.29, 1.82) is 0 Å². The van der Waals surface area contributed by atoms with Crippen LogP contribution in [0.2, 0.25) is 0 Å². The van der Waals surface area contributed by atoms with Crippen molar-refractivity contribution in [1.82, 2.24) is 5.32 Å². The minimum absolute atomic E-state index is 0.323. The van der Waals surface area contributed by atoms with Crippen molar-refractivity contribution in [3.8, 4) is 0 Å². The summed E-state index contributed by atoms with van der Waals surface area (Å²) in [6, 6.07) is 17.3. The third-order valence-corrected chi connectivity index (χ3v) is 3.56. The molecule has 1 atom stereocenters. The van der Waals surface area contributed by atoms with Gasteiger partial charge in [-0.15, -0.1) is 0 Å². The number of ether oxygens (including phenoxy) is 1. The molecule has 0 radical (unpaired) electrons. The van der Waals surface area contributed by atoms with Crippen LogP contribution in [0.15, 0.2) is 60.7 Å². The number of amides is 1. The second-order valence-electron chi connectivity index (χ2n) is 5.47. The SMILES string of the molecule is Cc1ccccc1/C=C/C(=O)O[C@H](C)C(=O)NCc1ccccc1. The number of carbonyl (C=O) groups excluding carboxylic acids is 2. The summed E-state index contributed by atoms with van der Waals surface area (Å²) in [5.41, 5.74) is 3.00. The molecular formula is C20H21NO3. The van der Waals surface area contributed by atoms with Crippen molar-refractivity contribution in [2.75, 3.05) is 0 Å². The van der Waals surface area contributed by atoms with Crippen LogP contribution in [-0.4, -0.2) is 18.0 Å². The molecule has 0 aliphatic heterocycles. The highest BCUT2D eigenvalue weighted by molar-refractivity contribution is 5.90. The molecule has 4 nitrogen and oxygen atoms in total. The van der Waals surface area contributed by atoms with E-state index < -0.39 is 12.1 Å². The Morgan fingerprint density at radius 2 is 1.75 bits per heavy atom. The van der Waals surface area contributed by atoms with Crippen molar-refractivity contribution >= 4 is 18.0 Å². The lowest BCUT2D eigenvalue weighted by molar-refractivity contribution is -0.150. The minimum atomic E-state index is -0.845. The van der Waals surface area contributed by atoms with Crippen LogP contribution in [0.25, 0.3) is 6.08 Å². The molecule has 4 heteroatoms. The maximum Gasteiger partial charge on any atom is 0.331 e. The number of benzene rings is 2. The number of hydrogen-bond acceptors (Lipinski definition) is 3. The molecule has 24 heavy (non-hydrogen) atoms. The standard InChI is InChI=1S/C20H21NO3/c1-15-8-6-7-11-18(15)12-13-19(22)24-16(2)20(23)21-14-17-9-4-3-5-10-17/h3-13,16H,14H2,1-2H3,(H,21,23)/b13-12+/t16-/m1/s1. The van der Waals surface area contributed by atoms with E-state index in [1.165, 1.54) is 6.08 Å². The van der Waals surface area contributed by atoms with Gasteiger partial charge >= 0.3 is 5.97 Å². The fourth-order valence-corrected chi connectivity index (χ4v) is 2.13. The first-order chi connectivity index (χ1) is 11.6. The fraction of sp³-hybridized carbons (Fsp3) is 0.200. The molecule has 0 saturated heterocycles. The number of carbonyl (C=O) groups is 2. The number of rotatable bonds is 6. The molecule has 0 fully saturated rings. The monoisotopic (exact) mass is 323 g/mol. The Morgan fingerprint density at radius 3 is 2.46 bits per heavy atom. The molecule has 0 aliphatic rings. The molecule has 2 aromatic carbocycles. The van der Waals surface area contributed by atoms with Crippen molar-refractivity contribution in [3.63, 3.8) is 0 Å². The lowest BCUT2D eigenvalue weighted by Gasteiger charge is -2.12. The molecule has 0 aliphatic carbocycles.